The summed E-state index contributed by atoms with van der Waals surface area (Å²) in [5.41, 5.74) is 13.9. The number of aryl methyl sites for hydroxylation is 3. The number of hydrogen-bond acceptors (Lipinski definition) is 8. The molecule has 2 aliphatic rings. The smallest absolute Gasteiger partial charge is 0.208 e. The van der Waals surface area contributed by atoms with Gasteiger partial charge in [-0.2, -0.15) is 5.43 Å². The molecule has 10 heteroatoms. The largest absolute Gasteiger partial charge is 0.337 e. The number of amidine groups is 2. The molecule has 3 aromatic rings. The molecule has 0 aliphatic carbocycles. The number of imidazole rings is 1. The van der Waals surface area contributed by atoms with Gasteiger partial charge in [0, 0.05) is 48.0 Å². The third-order valence-corrected chi connectivity index (χ3v) is 6.84. The van der Waals surface area contributed by atoms with Crippen LogP contribution in [-0.2, 0) is 12.8 Å². The maximum atomic E-state index is 6.68. The molecule has 0 radical (unpaired) electrons. The van der Waals surface area contributed by atoms with Crippen LogP contribution in [0.2, 0.25) is 5.02 Å². The zero-order valence-corrected chi connectivity index (χ0v) is 19.9. The molecule has 0 saturated heterocycles. The number of rotatable bonds is 4. The molecule has 0 bridgehead atoms. The van der Waals surface area contributed by atoms with E-state index in [0.717, 1.165) is 21.3 Å². The van der Waals surface area contributed by atoms with Crippen molar-refractivity contribution < 1.29 is 0 Å². The second-order valence-electron chi connectivity index (χ2n) is 8.03. The van der Waals surface area contributed by atoms with Crippen LogP contribution in [0.4, 0.5) is 5.69 Å². The lowest BCUT2D eigenvalue weighted by atomic mass is 10.1. The van der Waals surface area contributed by atoms with Crippen molar-refractivity contribution in [1.82, 2.24) is 20.0 Å². The highest BCUT2D eigenvalue weighted by atomic mass is 35.5. The molecular formula is C23H23ClN8S. The molecule has 1 unspecified atom stereocenters. The van der Waals surface area contributed by atoms with Crippen molar-refractivity contribution in [2.45, 2.75) is 29.7 Å². The summed E-state index contributed by atoms with van der Waals surface area (Å²) in [6.07, 6.45) is 7.13. The molecular weight excluding hydrogens is 456 g/mol. The molecule has 33 heavy (non-hydrogen) atoms. The SMILES string of the molecule is Cc1cc(C)cc(NC2=NC=CN3NC(N)(c4ccc(Sc5nccn5C)c(Cl)c4)N=C23)c1. The van der Waals surface area contributed by atoms with E-state index in [4.69, 9.17) is 22.3 Å². The van der Waals surface area contributed by atoms with Crippen molar-refractivity contribution >= 4 is 40.7 Å². The molecule has 4 N–H and O–H groups in total. The van der Waals surface area contributed by atoms with Crippen LogP contribution >= 0.6 is 23.4 Å². The molecule has 2 aliphatic heterocycles. The number of benzene rings is 2. The van der Waals surface area contributed by atoms with Crippen molar-refractivity contribution in [3.8, 4) is 0 Å². The summed E-state index contributed by atoms with van der Waals surface area (Å²) in [4.78, 5) is 14.5. The number of nitrogens with two attached hydrogens (primary N) is 1. The summed E-state index contributed by atoms with van der Waals surface area (Å²) in [6, 6.07) is 11.9. The van der Waals surface area contributed by atoms with Crippen LogP contribution in [0.5, 0.6) is 0 Å². The number of hydrogen-bond donors (Lipinski definition) is 3. The average Bonchev–Trinajstić information content (AvgIpc) is 3.32. The van der Waals surface area contributed by atoms with Gasteiger partial charge in [0.05, 0.1) is 5.02 Å². The van der Waals surface area contributed by atoms with Crippen molar-refractivity contribution in [3.63, 3.8) is 0 Å². The molecule has 8 nitrogen and oxygen atoms in total. The summed E-state index contributed by atoms with van der Waals surface area (Å²) < 4.78 is 1.94. The second-order valence-corrected chi connectivity index (χ2v) is 9.45. The maximum Gasteiger partial charge on any atom is 0.208 e. The van der Waals surface area contributed by atoms with E-state index in [1.54, 1.807) is 23.6 Å². The van der Waals surface area contributed by atoms with Crippen molar-refractivity contribution in [2.75, 3.05) is 5.32 Å². The average molecular weight is 479 g/mol. The first-order valence-electron chi connectivity index (χ1n) is 10.3. The lowest BCUT2D eigenvalue weighted by Gasteiger charge is -2.25. The number of anilines is 1. The Morgan fingerprint density at radius 1 is 1.15 bits per heavy atom. The monoisotopic (exact) mass is 478 g/mol. The van der Waals surface area contributed by atoms with E-state index in [1.807, 2.05) is 36.0 Å². The van der Waals surface area contributed by atoms with E-state index < -0.39 is 5.79 Å². The van der Waals surface area contributed by atoms with Crippen molar-refractivity contribution in [2.24, 2.45) is 22.8 Å². The van der Waals surface area contributed by atoms with Gasteiger partial charge in [0.25, 0.3) is 0 Å². The third kappa shape index (κ3) is 4.28. The Morgan fingerprint density at radius 3 is 2.64 bits per heavy atom. The molecule has 0 saturated carbocycles. The number of aliphatic imine (C=N–C) groups is 2. The van der Waals surface area contributed by atoms with Crippen LogP contribution in [0.3, 0.4) is 0 Å². The minimum absolute atomic E-state index is 0.579. The topological polar surface area (TPSA) is 95.9 Å². The summed E-state index contributed by atoms with van der Waals surface area (Å²) >= 11 is 8.10. The zero-order chi connectivity index (χ0) is 23.2. The van der Waals surface area contributed by atoms with Crippen LogP contribution in [0.25, 0.3) is 0 Å². The summed E-state index contributed by atoms with van der Waals surface area (Å²) in [6.45, 7) is 4.12. The van der Waals surface area contributed by atoms with E-state index in [9.17, 15) is 0 Å². The van der Waals surface area contributed by atoms with E-state index >= 15 is 0 Å². The van der Waals surface area contributed by atoms with Gasteiger partial charge in [-0.1, -0.05) is 35.5 Å². The number of nitrogens with zero attached hydrogens (tertiary/aromatic N) is 5. The third-order valence-electron chi connectivity index (χ3n) is 5.27. The molecule has 168 valence electrons. The van der Waals surface area contributed by atoms with E-state index in [-0.39, 0.29) is 0 Å². The van der Waals surface area contributed by atoms with Crippen LogP contribution < -0.4 is 16.5 Å². The summed E-state index contributed by atoms with van der Waals surface area (Å²) in [5.74, 6) is 0.0162. The second kappa shape index (κ2) is 8.35. The minimum atomic E-state index is -1.19. The highest BCUT2D eigenvalue weighted by Crippen LogP contribution is 2.35. The van der Waals surface area contributed by atoms with Gasteiger partial charge in [-0.15, -0.1) is 0 Å². The Labute approximate surface area is 201 Å². The van der Waals surface area contributed by atoms with Gasteiger partial charge in [0.1, 0.15) is 0 Å². The highest BCUT2D eigenvalue weighted by Gasteiger charge is 2.39. The first-order valence-corrected chi connectivity index (χ1v) is 11.5. The Kier molecular flexibility index (Phi) is 5.49. The van der Waals surface area contributed by atoms with Gasteiger partial charge in [0.15, 0.2) is 16.8 Å². The standard InChI is InChI=1S/C23H23ClN8S/c1-14-10-15(2)12-17(11-14)28-20-21-29-23(25,30-32(21)9-7-26-20)16-4-5-19(18(24)13-16)33-22-27-6-8-31(22)3/h4-13,30H,25H2,1-3H3,(H,26,28). The van der Waals surface area contributed by atoms with E-state index in [0.29, 0.717) is 16.7 Å². The summed E-state index contributed by atoms with van der Waals surface area (Å²) in [7, 11) is 1.94. The van der Waals surface area contributed by atoms with Gasteiger partial charge in [-0.05, 0) is 49.2 Å². The van der Waals surface area contributed by atoms with Crippen molar-refractivity contribution in [1.29, 1.82) is 0 Å². The predicted octanol–water partition coefficient (Wildman–Crippen LogP) is 4.12. The van der Waals surface area contributed by atoms with Crippen LogP contribution in [-0.4, -0.2) is 26.2 Å². The number of hydrazine groups is 1. The maximum absolute atomic E-state index is 6.68. The van der Waals surface area contributed by atoms with Gasteiger partial charge in [0.2, 0.25) is 5.79 Å². The van der Waals surface area contributed by atoms with Crippen LogP contribution in [0, 0.1) is 13.8 Å². The Hall–Kier alpha value is -3.11. The Morgan fingerprint density at radius 2 is 1.94 bits per heavy atom. The quantitative estimate of drug-likeness (QED) is 0.522. The molecule has 3 heterocycles. The van der Waals surface area contributed by atoms with Gasteiger partial charge < -0.3 is 9.88 Å². The van der Waals surface area contributed by atoms with Gasteiger partial charge in [-0.3, -0.25) is 10.7 Å². The fraction of sp³-hybridized carbons (Fsp3) is 0.174. The van der Waals surface area contributed by atoms with Crippen LogP contribution in [0.15, 0.2) is 81.2 Å². The first-order chi connectivity index (χ1) is 15.8. The lowest BCUT2D eigenvalue weighted by molar-refractivity contribution is 0.274. The normalized spacial score (nSPS) is 19.4. The zero-order valence-electron chi connectivity index (χ0n) is 18.4. The highest BCUT2D eigenvalue weighted by molar-refractivity contribution is 7.99. The molecule has 1 aromatic heterocycles. The Balaban J connectivity index is 1.42. The number of aromatic nitrogens is 2. The number of fused-ring (bicyclic) bond motifs is 1. The summed E-state index contributed by atoms with van der Waals surface area (Å²) in [5, 5.41) is 6.56. The fourth-order valence-electron chi connectivity index (χ4n) is 3.76. The van der Waals surface area contributed by atoms with Crippen molar-refractivity contribution in [3.05, 3.63) is 82.9 Å². The predicted molar refractivity (Wildman–Crippen MR) is 133 cm³/mol. The number of nitrogens with one attached hydrogen (secondary N) is 2. The molecule has 2 aromatic carbocycles. The lowest BCUT2D eigenvalue weighted by Crippen LogP contribution is -2.51. The first kappa shape index (κ1) is 21.7. The molecule has 0 amide bonds. The molecule has 0 spiro atoms. The minimum Gasteiger partial charge on any atom is -0.337 e. The van der Waals surface area contributed by atoms with Gasteiger partial charge >= 0.3 is 0 Å². The molecule has 0 fully saturated rings. The fourth-order valence-corrected chi connectivity index (χ4v) is 4.86. The van der Waals surface area contributed by atoms with E-state index in [2.05, 4.69) is 52.8 Å². The van der Waals surface area contributed by atoms with Gasteiger partial charge in [-0.25, -0.2) is 15.0 Å². The van der Waals surface area contributed by atoms with Crippen LogP contribution in [0.1, 0.15) is 16.7 Å². The Bertz CT molecular complexity index is 1310. The number of halogens is 1. The molecule has 5 rings (SSSR count). The van der Waals surface area contributed by atoms with E-state index in [1.165, 1.54) is 22.9 Å². The molecule has 1 atom stereocenters.